The van der Waals surface area contributed by atoms with E-state index in [0.717, 1.165) is 18.9 Å². The van der Waals surface area contributed by atoms with Crippen molar-refractivity contribution >= 4 is 39.8 Å². The van der Waals surface area contributed by atoms with Crippen LogP contribution in [0.25, 0.3) is 0 Å². The molecule has 9 heteroatoms. The quantitative estimate of drug-likeness (QED) is 0.179. The molecular formula is C19H31FIN3O3S. The van der Waals surface area contributed by atoms with Crippen LogP contribution < -0.4 is 10.6 Å². The Morgan fingerprint density at radius 3 is 2.43 bits per heavy atom. The van der Waals surface area contributed by atoms with Crippen LogP contribution in [0.15, 0.2) is 34.2 Å². The van der Waals surface area contributed by atoms with Crippen molar-refractivity contribution in [2.45, 2.75) is 49.5 Å². The Morgan fingerprint density at radius 1 is 1.14 bits per heavy atom. The molecule has 1 aromatic rings. The van der Waals surface area contributed by atoms with Crippen molar-refractivity contribution in [2.75, 3.05) is 32.5 Å². The summed E-state index contributed by atoms with van der Waals surface area (Å²) in [5.41, 5.74) is 0. The number of hydrogen-bond donors (Lipinski definition) is 2. The normalized spacial score (nSPS) is 16.1. The summed E-state index contributed by atoms with van der Waals surface area (Å²) in [5.74, 6) is -0.438. The van der Waals surface area contributed by atoms with Gasteiger partial charge in [-0.15, -0.1) is 24.0 Å². The van der Waals surface area contributed by atoms with Crippen LogP contribution in [0, 0.1) is 5.82 Å². The molecule has 1 saturated carbocycles. The highest BCUT2D eigenvalue weighted by atomic mass is 127. The van der Waals surface area contributed by atoms with Gasteiger partial charge in [-0.3, -0.25) is 4.99 Å². The van der Waals surface area contributed by atoms with Gasteiger partial charge in [0.2, 0.25) is 0 Å². The zero-order valence-corrected chi connectivity index (χ0v) is 19.5. The third-order valence-corrected chi connectivity index (χ3v) is 6.35. The fourth-order valence-corrected chi connectivity index (χ4v) is 4.38. The van der Waals surface area contributed by atoms with E-state index in [0.29, 0.717) is 25.2 Å². The summed E-state index contributed by atoms with van der Waals surface area (Å²) in [6.07, 6.45) is 7.65. The van der Waals surface area contributed by atoms with Gasteiger partial charge in [-0.25, -0.2) is 12.8 Å². The largest absolute Gasteiger partial charge is 0.376 e. The molecule has 0 spiro atoms. The zero-order chi connectivity index (χ0) is 19.5. The van der Waals surface area contributed by atoms with E-state index in [2.05, 4.69) is 15.6 Å². The summed E-state index contributed by atoms with van der Waals surface area (Å²) in [6.45, 7) is 1.31. The second-order valence-electron chi connectivity index (χ2n) is 6.66. The number of rotatable bonds is 8. The molecule has 0 saturated heterocycles. The van der Waals surface area contributed by atoms with E-state index in [4.69, 9.17) is 4.74 Å². The van der Waals surface area contributed by atoms with Gasteiger partial charge in [-0.1, -0.05) is 37.8 Å². The molecule has 0 bridgehead atoms. The lowest BCUT2D eigenvalue weighted by molar-refractivity contribution is 0.0468. The van der Waals surface area contributed by atoms with E-state index < -0.39 is 15.7 Å². The van der Waals surface area contributed by atoms with Crippen LogP contribution in [0.1, 0.15) is 38.5 Å². The molecule has 0 radical (unpaired) electrons. The summed E-state index contributed by atoms with van der Waals surface area (Å²) in [4.78, 5) is 3.80. The van der Waals surface area contributed by atoms with Crippen LogP contribution in [-0.4, -0.2) is 53.0 Å². The van der Waals surface area contributed by atoms with Gasteiger partial charge in [0.1, 0.15) is 10.7 Å². The average Bonchev–Trinajstić information content (AvgIpc) is 2.92. The Bertz CT molecular complexity index is 708. The lowest BCUT2D eigenvalue weighted by Crippen LogP contribution is -2.41. The minimum atomic E-state index is -3.68. The number of nitrogens with zero attached hydrogens (tertiary/aromatic N) is 1. The van der Waals surface area contributed by atoms with Crippen molar-refractivity contribution in [2.24, 2.45) is 4.99 Å². The Hall–Kier alpha value is -0.940. The summed E-state index contributed by atoms with van der Waals surface area (Å²) < 4.78 is 44.0. The van der Waals surface area contributed by atoms with Crippen LogP contribution >= 0.6 is 24.0 Å². The second-order valence-corrected chi connectivity index (χ2v) is 8.74. The molecule has 2 rings (SSSR count). The van der Waals surface area contributed by atoms with Crippen LogP contribution in [0.4, 0.5) is 4.39 Å². The Kier molecular flexibility index (Phi) is 11.9. The van der Waals surface area contributed by atoms with E-state index in [9.17, 15) is 12.8 Å². The first kappa shape index (κ1) is 25.1. The van der Waals surface area contributed by atoms with E-state index in [-0.39, 0.29) is 41.2 Å². The van der Waals surface area contributed by atoms with Crippen LogP contribution in [0.2, 0.25) is 0 Å². The molecule has 1 fully saturated rings. The number of nitrogens with one attached hydrogen (secondary N) is 2. The number of benzene rings is 1. The molecule has 1 aliphatic rings. The molecular weight excluding hydrogens is 496 g/mol. The molecule has 0 aromatic heterocycles. The molecule has 0 heterocycles. The van der Waals surface area contributed by atoms with Gasteiger partial charge in [-0.05, 0) is 25.0 Å². The number of aliphatic imine (C=N–C) groups is 1. The Balaban J connectivity index is 0.00000392. The van der Waals surface area contributed by atoms with Gasteiger partial charge in [-0.2, -0.15) is 0 Å². The summed E-state index contributed by atoms with van der Waals surface area (Å²) in [6, 6.07) is 5.41. The predicted molar refractivity (Wildman–Crippen MR) is 121 cm³/mol. The molecule has 2 N–H and O–H groups in total. The highest BCUT2D eigenvalue weighted by Crippen LogP contribution is 2.19. The van der Waals surface area contributed by atoms with Gasteiger partial charge in [0, 0.05) is 20.1 Å². The summed E-state index contributed by atoms with van der Waals surface area (Å²) >= 11 is 0. The van der Waals surface area contributed by atoms with E-state index in [1.54, 1.807) is 7.05 Å². The topological polar surface area (TPSA) is 79.8 Å². The molecule has 0 unspecified atom stereocenters. The van der Waals surface area contributed by atoms with Crippen LogP contribution in [0.5, 0.6) is 0 Å². The van der Waals surface area contributed by atoms with Crippen molar-refractivity contribution in [1.82, 2.24) is 10.6 Å². The van der Waals surface area contributed by atoms with Crippen molar-refractivity contribution in [3.8, 4) is 0 Å². The maximum absolute atomic E-state index is 13.7. The van der Waals surface area contributed by atoms with Gasteiger partial charge in [0.25, 0.3) is 0 Å². The zero-order valence-electron chi connectivity index (χ0n) is 16.3. The fourth-order valence-electron chi connectivity index (χ4n) is 3.13. The van der Waals surface area contributed by atoms with E-state index in [1.807, 2.05) is 0 Å². The molecule has 0 atom stereocenters. The van der Waals surface area contributed by atoms with Gasteiger partial charge >= 0.3 is 0 Å². The molecule has 0 amide bonds. The van der Waals surface area contributed by atoms with Gasteiger partial charge in [0.15, 0.2) is 15.8 Å². The van der Waals surface area contributed by atoms with Crippen molar-refractivity contribution in [1.29, 1.82) is 0 Å². The standard InChI is InChI=1S/C19H30FN3O3S.HI/c1-21-19(22-12-14-26-16-8-4-2-3-5-9-16)23-13-15-27(24,25)18-11-7-6-10-17(18)20;/h6-7,10-11,16H,2-5,8-9,12-15H2,1H3,(H2,21,22,23);1H. The number of hydrogen-bond acceptors (Lipinski definition) is 4. The highest BCUT2D eigenvalue weighted by molar-refractivity contribution is 14.0. The monoisotopic (exact) mass is 527 g/mol. The molecule has 1 aromatic carbocycles. The first-order chi connectivity index (χ1) is 13.0. The minimum absolute atomic E-state index is 0. The summed E-state index contributed by atoms with van der Waals surface area (Å²) in [5, 5.41) is 6.05. The molecule has 0 aliphatic heterocycles. The fraction of sp³-hybridized carbons (Fsp3) is 0.632. The lowest BCUT2D eigenvalue weighted by atomic mass is 10.1. The van der Waals surface area contributed by atoms with Crippen LogP contribution in [-0.2, 0) is 14.6 Å². The van der Waals surface area contributed by atoms with Crippen molar-refractivity contribution in [3.63, 3.8) is 0 Å². The lowest BCUT2D eigenvalue weighted by Gasteiger charge is -2.17. The van der Waals surface area contributed by atoms with Crippen LogP contribution in [0.3, 0.4) is 0 Å². The number of guanidine groups is 1. The molecule has 160 valence electrons. The number of ether oxygens (including phenoxy) is 1. The Labute approximate surface area is 184 Å². The highest BCUT2D eigenvalue weighted by Gasteiger charge is 2.18. The first-order valence-electron chi connectivity index (χ1n) is 9.56. The summed E-state index contributed by atoms with van der Waals surface area (Å²) in [7, 11) is -2.07. The van der Waals surface area contributed by atoms with Gasteiger partial charge in [0.05, 0.1) is 18.5 Å². The third-order valence-electron chi connectivity index (χ3n) is 4.61. The molecule has 6 nitrogen and oxygen atoms in total. The maximum Gasteiger partial charge on any atom is 0.191 e. The Morgan fingerprint density at radius 2 is 1.79 bits per heavy atom. The minimum Gasteiger partial charge on any atom is -0.376 e. The van der Waals surface area contributed by atoms with E-state index in [1.165, 1.54) is 43.9 Å². The smallest absolute Gasteiger partial charge is 0.191 e. The van der Waals surface area contributed by atoms with Crippen molar-refractivity contribution < 1.29 is 17.5 Å². The molecule has 1 aliphatic carbocycles. The third kappa shape index (κ3) is 8.60. The number of halogens is 2. The molecule has 28 heavy (non-hydrogen) atoms. The first-order valence-corrected chi connectivity index (χ1v) is 11.2. The van der Waals surface area contributed by atoms with E-state index >= 15 is 0 Å². The average molecular weight is 527 g/mol. The SMILES string of the molecule is CN=C(NCCOC1CCCCCC1)NCCS(=O)(=O)c1ccccc1F.I. The maximum atomic E-state index is 13.7. The second kappa shape index (κ2) is 13.3. The van der Waals surface area contributed by atoms with Gasteiger partial charge < -0.3 is 15.4 Å². The predicted octanol–water partition coefficient (Wildman–Crippen LogP) is 3.12. The van der Waals surface area contributed by atoms with Crippen molar-refractivity contribution in [3.05, 3.63) is 30.1 Å². The number of sulfone groups is 1.